The fraction of sp³-hybridized carbons (Fsp3) is 0.611. The van der Waals surface area contributed by atoms with Crippen molar-refractivity contribution in [3.05, 3.63) is 29.6 Å². The summed E-state index contributed by atoms with van der Waals surface area (Å²) in [5.74, 6) is 1.39. The highest BCUT2D eigenvalue weighted by Gasteiger charge is 2.50. The first-order chi connectivity index (χ1) is 11.2. The molecule has 2 aliphatic heterocycles. The van der Waals surface area contributed by atoms with Crippen molar-refractivity contribution in [2.45, 2.75) is 43.0 Å². The van der Waals surface area contributed by atoms with Crippen molar-refractivity contribution >= 4 is 17.7 Å². The van der Waals surface area contributed by atoms with E-state index in [1.807, 2.05) is 6.07 Å². The van der Waals surface area contributed by atoms with Crippen molar-refractivity contribution in [2.24, 2.45) is 11.3 Å². The summed E-state index contributed by atoms with van der Waals surface area (Å²) in [7, 11) is 0. The van der Waals surface area contributed by atoms with Crippen molar-refractivity contribution in [1.29, 1.82) is 0 Å². The van der Waals surface area contributed by atoms with Gasteiger partial charge < -0.3 is 10.6 Å². The molecule has 2 N–H and O–H groups in total. The van der Waals surface area contributed by atoms with Crippen molar-refractivity contribution in [1.82, 2.24) is 10.6 Å². The second-order valence-corrected chi connectivity index (χ2v) is 8.21. The van der Waals surface area contributed by atoms with Crippen LogP contribution in [0.2, 0.25) is 0 Å². The van der Waals surface area contributed by atoms with Crippen LogP contribution in [-0.4, -0.2) is 24.7 Å². The first-order valence-corrected chi connectivity index (χ1v) is 9.61. The van der Waals surface area contributed by atoms with Gasteiger partial charge in [0.15, 0.2) is 0 Å². The minimum absolute atomic E-state index is 0.0491. The molecule has 23 heavy (non-hydrogen) atoms. The molecule has 3 atom stereocenters. The van der Waals surface area contributed by atoms with Gasteiger partial charge >= 0.3 is 0 Å². The van der Waals surface area contributed by atoms with Crippen LogP contribution in [-0.2, 0) is 4.79 Å². The molecule has 1 unspecified atom stereocenters. The van der Waals surface area contributed by atoms with Crippen molar-refractivity contribution in [3.8, 4) is 0 Å². The molecule has 1 aromatic carbocycles. The summed E-state index contributed by atoms with van der Waals surface area (Å²) < 4.78 is 13.6. The summed E-state index contributed by atoms with van der Waals surface area (Å²) in [4.78, 5) is 14.2. The number of hydrogen-bond donors (Lipinski definition) is 2. The Bertz CT molecular complexity index is 623. The largest absolute Gasteiger partial charge is 0.349 e. The Kier molecular flexibility index (Phi) is 4.10. The van der Waals surface area contributed by atoms with Gasteiger partial charge in [0.25, 0.3) is 0 Å². The van der Waals surface area contributed by atoms with E-state index in [-0.39, 0.29) is 23.2 Å². The summed E-state index contributed by atoms with van der Waals surface area (Å²) in [6.45, 7) is 1.75. The average Bonchev–Trinajstić information content (AvgIpc) is 3.00. The van der Waals surface area contributed by atoms with Gasteiger partial charge in [0.2, 0.25) is 5.91 Å². The standard InChI is InChI=1S/C18H23FN2OS/c19-13-4-5-16-14(9-13)15(6-8-23-16)21-17(22)18-7-2-1-3-12(18)10-20-11-18/h4-5,9,12,15,20H,1-3,6-8,10-11H2,(H,21,22)/t12-,15?,18+/m0/s1. The molecule has 0 spiro atoms. The zero-order valence-electron chi connectivity index (χ0n) is 13.2. The fourth-order valence-electron chi connectivity index (χ4n) is 4.51. The molecule has 1 saturated carbocycles. The predicted molar refractivity (Wildman–Crippen MR) is 89.9 cm³/mol. The van der Waals surface area contributed by atoms with Gasteiger partial charge in [-0.2, -0.15) is 0 Å². The predicted octanol–water partition coefficient (Wildman–Crippen LogP) is 3.26. The Morgan fingerprint density at radius 3 is 3.17 bits per heavy atom. The monoisotopic (exact) mass is 334 g/mol. The van der Waals surface area contributed by atoms with Gasteiger partial charge in [-0.25, -0.2) is 4.39 Å². The Hall–Kier alpha value is -1.07. The summed E-state index contributed by atoms with van der Waals surface area (Å²) >= 11 is 1.75. The maximum absolute atomic E-state index is 13.6. The molecule has 1 aliphatic carbocycles. The number of thioether (sulfide) groups is 1. The molecular weight excluding hydrogens is 311 g/mol. The van der Waals surface area contributed by atoms with E-state index in [1.165, 1.54) is 12.5 Å². The third kappa shape index (κ3) is 2.68. The SMILES string of the molecule is O=C(NC1CCSc2ccc(F)cc21)[C@@]12CCCC[C@H]1CNC2. The Balaban J connectivity index is 1.57. The van der Waals surface area contributed by atoms with Crippen LogP contribution in [0.3, 0.4) is 0 Å². The maximum Gasteiger partial charge on any atom is 0.228 e. The molecule has 124 valence electrons. The van der Waals surface area contributed by atoms with E-state index in [0.717, 1.165) is 55.0 Å². The lowest BCUT2D eigenvalue weighted by Gasteiger charge is -2.39. The highest BCUT2D eigenvalue weighted by atomic mass is 32.2. The second kappa shape index (κ2) is 6.10. The molecule has 1 aromatic rings. The second-order valence-electron chi connectivity index (χ2n) is 7.08. The zero-order valence-corrected chi connectivity index (χ0v) is 14.1. The van der Waals surface area contributed by atoms with Gasteiger partial charge in [-0.15, -0.1) is 11.8 Å². The van der Waals surface area contributed by atoms with E-state index in [0.29, 0.717) is 5.92 Å². The van der Waals surface area contributed by atoms with Gasteiger partial charge in [0.05, 0.1) is 11.5 Å². The van der Waals surface area contributed by atoms with Gasteiger partial charge in [-0.3, -0.25) is 4.79 Å². The number of carbonyl (C=O) groups excluding carboxylic acids is 1. The van der Waals surface area contributed by atoms with E-state index < -0.39 is 0 Å². The maximum atomic E-state index is 13.6. The lowest BCUT2D eigenvalue weighted by atomic mass is 9.67. The number of benzene rings is 1. The molecule has 4 rings (SSSR count). The van der Waals surface area contributed by atoms with Crippen molar-refractivity contribution < 1.29 is 9.18 Å². The van der Waals surface area contributed by atoms with Crippen LogP contribution >= 0.6 is 11.8 Å². The number of nitrogens with one attached hydrogen (secondary N) is 2. The number of amides is 1. The molecule has 1 saturated heterocycles. The van der Waals surface area contributed by atoms with E-state index in [1.54, 1.807) is 17.8 Å². The normalized spacial score (nSPS) is 32.9. The third-order valence-electron chi connectivity index (χ3n) is 5.81. The number of rotatable bonds is 2. The lowest BCUT2D eigenvalue weighted by molar-refractivity contribution is -0.134. The molecular formula is C18H23FN2OS. The summed E-state index contributed by atoms with van der Waals surface area (Å²) in [6.07, 6.45) is 5.37. The van der Waals surface area contributed by atoms with Gasteiger partial charge in [-0.1, -0.05) is 12.8 Å². The zero-order chi connectivity index (χ0) is 15.9. The molecule has 0 bridgehead atoms. The third-order valence-corrected chi connectivity index (χ3v) is 6.93. The van der Waals surface area contributed by atoms with Gasteiger partial charge in [0, 0.05) is 17.2 Å². The van der Waals surface area contributed by atoms with Crippen molar-refractivity contribution in [2.75, 3.05) is 18.8 Å². The number of carbonyl (C=O) groups is 1. The molecule has 2 fully saturated rings. The summed E-state index contributed by atoms with van der Waals surface area (Å²) in [5, 5.41) is 6.70. The van der Waals surface area contributed by atoms with E-state index >= 15 is 0 Å². The van der Waals surface area contributed by atoms with Crippen LogP contribution in [0.4, 0.5) is 4.39 Å². The molecule has 0 radical (unpaired) electrons. The van der Waals surface area contributed by atoms with Crippen LogP contribution in [0.5, 0.6) is 0 Å². The molecule has 1 amide bonds. The van der Waals surface area contributed by atoms with E-state index in [4.69, 9.17) is 0 Å². The molecule has 0 aromatic heterocycles. The first-order valence-electron chi connectivity index (χ1n) is 8.63. The van der Waals surface area contributed by atoms with Crippen LogP contribution < -0.4 is 10.6 Å². The fourth-order valence-corrected chi connectivity index (χ4v) is 5.61. The number of halogens is 1. The minimum Gasteiger partial charge on any atom is -0.349 e. The smallest absolute Gasteiger partial charge is 0.228 e. The van der Waals surface area contributed by atoms with Gasteiger partial charge in [0.1, 0.15) is 5.82 Å². The highest BCUT2D eigenvalue weighted by Crippen LogP contribution is 2.45. The van der Waals surface area contributed by atoms with E-state index in [2.05, 4.69) is 10.6 Å². The lowest BCUT2D eigenvalue weighted by Crippen LogP contribution is -2.49. The minimum atomic E-state index is -0.240. The van der Waals surface area contributed by atoms with Crippen LogP contribution in [0.1, 0.15) is 43.7 Å². The quantitative estimate of drug-likeness (QED) is 0.872. The Labute approximate surface area is 140 Å². The number of hydrogen-bond acceptors (Lipinski definition) is 3. The number of fused-ring (bicyclic) bond motifs is 2. The van der Waals surface area contributed by atoms with E-state index in [9.17, 15) is 9.18 Å². The molecule has 5 heteroatoms. The van der Waals surface area contributed by atoms with Crippen LogP contribution in [0.25, 0.3) is 0 Å². The molecule has 2 heterocycles. The molecule has 3 aliphatic rings. The van der Waals surface area contributed by atoms with Gasteiger partial charge in [-0.05, 0) is 55.5 Å². The Morgan fingerprint density at radius 1 is 1.35 bits per heavy atom. The average molecular weight is 334 g/mol. The topological polar surface area (TPSA) is 41.1 Å². The summed E-state index contributed by atoms with van der Waals surface area (Å²) in [6, 6.07) is 4.89. The summed E-state index contributed by atoms with van der Waals surface area (Å²) in [5.41, 5.74) is 0.709. The van der Waals surface area contributed by atoms with Crippen LogP contribution in [0, 0.1) is 17.2 Å². The first kappa shape index (κ1) is 15.5. The van der Waals surface area contributed by atoms with Crippen molar-refractivity contribution in [3.63, 3.8) is 0 Å². The Morgan fingerprint density at radius 2 is 2.26 bits per heavy atom. The highest BCUT2D eigenvalue weighted by molar-refractivity contribution is 7.99. The molecule has 3 nitrogen and oxygen atoms in total. The van der Waals surface area contributed by atoms with Crippen LogP contribution in [0.15, 0.2) is 23.1 Å².